The van der Waals surface area contributed by atoms with Crippen LogP contribution in [0, 0.1) is 6.92 Å². The van der Waals surface area contributed by atoms with E-state index in [1.165, 1.54) is 55.6 Å². The predicted molar refractivity (Wildman–Crippen MR) is 503 cm³/mol. The van der Waals surface area contributed by atoms with Crippen LogP contribution in [0.15, 0.2) is 261 Å². The fourth-order valence-electron chi connectivity index (χ4n) is 21.4. The summed E-state index contributed by atoms with van der Waals surface area (Å²) >= 11 is 0. The third kappa shape index (κ3) is 17.1. The van der Waals surface area contributed by atoms with Gasteiger partial charge in [0.15, 0.2) is 57.2 Å². The van der Waals surface area contributed by atoms with Crippen LogP contribution in [-0.2, 0) is 84.7 Å². The Kier molecular flexibility index (Phi) is 24.1. The molecule has 0 radical (unpaired) electrons. The van der Waals surface area contributed by atoms with Crippen LogP contribution in [0.4, 0.5) is 0 Å². The number of piperidine rings is 5. The van der Waals surface area contributed by atoms with Crippen molar-refractivity contribution < 1.29 is 89.4 Å². The standard InChI is InChI=1S/C23H20N2O5.C23H22N2O4.C22H21N3O3.C21H21NO4.C20H18N2O3/c26-22(18-12-20(30-24-18)15-5-6-19-21(11-15)28-14-27-19)25-9-7-23(8-10-25)17-4-2-1-3-16(17)13-29-23;1-27-18-8-6-16(7-9-18)21-14-20(24-29-21)22(26)25-12-10-23(11-13-25)19-5-3-2-4-17(19)15-28-23;1-15-23-20(24-28-15)16-6-4-7-17(13-16)21(26)25-11-9-22(10-12-25)19-8-3-2-5-18(19)14-27-22;23-20(15-5-6-18-19(13-15)25-12-11-24-18)22-9-7-21(8-10-22)17-4-2-1-3-16(17)14-26-21;23-19(18-15-6-2-4-8-17(15)25-21-18)22-11-9-20(10-12-22)16-7-3-1-5-14(16)13-24-20/h1-6,11-12H,7-10,13-14H2;2-9,14H,10-13,15H2,1H3;2-8,13H,9-12,14H2,1H3;1-6,13H,7-12,14H2;1-8H,9-13H2. The first-order valence-electron chi connectivity index (χ1n) is 47.3. The molecular weight excluding hydrogens is 1750 g/mol. The molecular formula is C109H102N10O19. The summed E-state index contributed by atoms with van der Waals surface area (Å²) in [6.45, 7) is 12.9. The van der Waals surface area contributed by atoms with Gasteiger partial charge in [-0.1, -0.05) is 166 Å². The molecule has 0 aliphatic carbocycles. The number of likely N-dealkylation sites (tertiary alicyclic amines) is 5. The topological polar surface area (TPSA) is 311 Å². The number of fused-ring (bicyclic) bond motifs is 13. The number of aromatic nitrogens is 5. The van der Waals surface area contributed by atoms with Crippen molar-refractivity contribution in [1.82, 2.24) is 50.1 Å². The first kappa shape index (κ1) is 88.6. The van der Waals surface area contributed by atoms with Gasteiger partial charge in [0.1, 0.15) is 19.0 Å². The van der Waals surface area contributed by atoms with Gasteiger partial charge < -0.3 is 90.0 Å². The van der Waals surface area contributed by atoms with Gasteiger partial charge >= 0.3 is 0 Å². The molecule has 702 valence electrons. The Morgan fingerprint density at radius 2 is 0.703 bits per heavy atom. The van der Waals surface area contributed by atoms with Crippen molar-refractivity contribution in [2.24, 2.45) is 0 Å². The maximum Gasteiger partial charge on any atom is 0.276 e. The van der Waals surface area contributed by atoms with Crippen molar-refractivity contribution in [3.8, 4) is 62.8 Å². The van der Waals surface area contributed by atoms with E-state index in [2.05, 4.69) is 135 Å². The zero-order chi connectivity index (χ0) is 93.5. The van der Waals surface area contributed by atoms with Crippen LogP contribution >= 0.6 is 0 Å². The van der Waals surface area contributed by atoms with Crippen LogP contribution in [0.5, 0.6) is 28.7 Å². The molecule has 16 heterocycles. The van der Waals surface area contributed by atoms with E-state index in [9.17, 15) is 24.0 Å². The van der Waals surface area contributed by atoms with Crippen LogP contribution in [0.3, 0.4) is 0 Å². The molecule has 5 spiro atoms. The Labute approximate surface area is 795 Å². The molecule has 5 saturated heterocycles. The molecule has 5 fully saturated rings. The van der Waals surface area contributed by atoms with Crippen LogP contribution in [0.1, 0.15) is 178 Å². The second-order valence-corrected chi connectivity index (χ2v) is 36.7. The molecule has 0 saturated carbocycles. The highest BCUT2D eigenvalue weighted by atomic mass is 16.7. The Balaban J connectivity index is 0.0000000997. The van der Waals surface area contributed by atoms with Gasteiger partial charge in [-0.2, -0.15) is 4.98 Å². The number of aryl methyl sites for hydroxylation is 1. The molecule has 0 N–H and O–H groups in total. The third-order valence-electron chi connectivity index (χ3n) is 29.1. The minimum absolute atomic E-state index is 0.0307. The van der Waals surface area contributed by atoms with E-state index < -0.39 is 0 Å². The summed E-state index contributed by atoms with van der Waals surface area (Å²) in [6, 6.07) is 78.7. The molecule has 12 aliphatic rings. The number of ether oxygens (including phenoxy) is 10. The highest BCUT2D eigenvalue weighted by Crippen LogP contribution is 2.51. The molecule has 29 heteroatoms. The van der Waals surface area contributed by atoms with E-state index in [0.29, 0.717) is 192 Å². The minimum Gasteiger partial charge on any atom is -0.497 e. The van der Waals surface area contributed by atoms with E-state index in [-0.39, 0.29) is 64.3 Å². The minimum atomic E-state index is -0.269. The van der Waals surface area contributed by atoms with E-state index in [1.54, 1.807) is 32.2 Å². The Morgan fingerprint density at radius 3 is 1.16 bits per heavy atom. The molecule has 10 aromatic carbocycles. The largest absolute Gasteiger partial charge is 0.497 e. The number of benzene rings is 10. The number of para-hydroxylation sites is 1. The number of nitrogens with zero attached hydrogens (tertiary/aromatic N) is 10. The summed E-state index contributed by atoms with van der Waals surface area (Å²) in [5.41, 5.74) is 16.9. The summed E-state index contributed by atoms with van der Waals surface area (Å²) in [5.74, 6) is 5.38. The maximum atomic E-state index is 13.1. The highest BCUT2D eigenvalue weighted by molar-refractivity contribution is 6.04. The Morgan fingerprint density at radius 1 is 0.319 bits per heavy atom. The van der Waals surface area contributed by atoms with Gasteiger partial charge in [0.05, 0.1) is 73.5 Å². The normalized spacial score (nSPS) is 18.4. The number of amides is 5. The van der Waals surface area contributed by atoms with Crippen molar-refractivity contribution in [1.29, 1.82) is 0 Å². The lowest BCUT2D eigenvalue weighted by molar-refractivity contribution is -0.0745. The summed E-state index contributed by atoms with van der Waals surface area (Å²) in [6.07, 6.45) is 8.07. The second kappa shape index (κ2) is 37.5. The number of hydrogen-bond donors (Lipinski definition) is 0. The molecule has 5 amide bonds. The van der Waals surface area contributed by atoms with E-state index >= 15 is 0 Å². The second-order valence-electron chi connectivity index (χ2n) is 36.7. The van der Waals surface area contributed by atoms with Gasteiger partial charge in [-0.3, -0.25) is 24.0 Å². The van der Waals surface area contributed by atoms with E-state index in [0.717, 1.165) is 92.0 Å². The van der Waals surface area contributed by atoms with Gasteiger partial charge in [0, 0.05) is 112 Å². The van der Waals surface area contributed by atoms with Crippen LogP contribution in [-0.4, -0.2) is 172 Å². The molecule has 138 heavy (non-hydrogen) atoms. The summed E-state index contributed by atoms with van der Waals surface area (Å²) in [7, 11) is 1.62. The van der Waals surface area contributed by atoms with Crippen LogP contribution < -0.4 is 23.7 Å². The fourth-order valence-corrected chi connectivity index (χ4v) is 21.4. The summed E-state index contributed by atoms with van der Waals surface area (Å²) in [4.78, 5) is 78.4. The zero-order valence-corrected chi connectivity index (χ0v) is 76.6. The molecule has 0 unspecified atom stereocenters. The monoisotopic (exact) mass is 1850 g/mol. The van der Waals surface area contributed by atoms with Crippen molar-refractivity contribution in [3.05, 3.63) is 332 Å². The van der Waals surface area contributed by atoms with Gasteiger partial charge in [-0.25, -0.2) is 0 Å². The lowest BCUT2D eigenvalue weighted by atomic mass is 9.83. The van der Waals surface area contributed by atoms with Crippen molar-refractivity contribution >= 4 is 40.5 Å². The molecule has 0 bridgehead atoms. The Hall–Kier alpha value is -14.6. The molecule has 29 nitrogen and oxygen atoms in total. The van der Waals surface area contributed by atoms with Gasteiger partial charge in [-0.15, -0.1) is 0 Å². The first-order valence-corrected chi connectivity index (χ1v) is 47.3. The number of rotatable bonds is 9. The van der Waals surface area contributed by atoms with Crippen molar-refractivity contribution in [2.75, 3.05) is 92.6 Å². The van der Waals surface area contributed by atoms with Gasteiger partial charge in [0.25, 0.3) is 29.5 Å². The first-order chi connectivity index (χ1) is 67.6. The number of carbonyl (C=O) groups is 5. The average Bonchev–Trinajstić information content (AvgIpc) is 1.62. The smallest absolute Gasteiger partial charge is 0.276 e. The molecule has 4 aromatic heterocycles. The summed E-state index contributed by atoms with van der Waals surface area (Å²) in [5, 5.41) is 16.7. The van der Waals surface area contributed by atoms with Crippen LogP contribution in [0.2, 0.25) is 0 Å². The van der Waals surface area contributed by atoms with Gasteiger partial charge in [0.2, 0.25) is 18.5 Å². The van der Waals surface area contributed by atoms with Gasteiger partial charge in [-0.05, 0) is 205 Å². The highest BCUT2D eigenvalue weighted by Gasteiger charge is 2.50. The Bertz CT molecular complexity index is 6900. The quantitative estimate of drug-likeness (QED) is 0.130. The van der Waals surface area contributed by atoms with Crippen LogP contribution in [0.25, 0.3) is 45.0 Å². The average molecular weight is 1860 g/mol. The molecule has 14 aromatic rings. The number of methoxy groups -OCH3 is 1. The van der Waals surface area contributed by atoms with E-state index in [4.69, 9.17) is 65.5 Å². The van der Waals surface area contributed by atoms with Crippen molar-refractivity contribution in [3.63, 3.8) is 0 Å². The number of hydrogen-bond acceptors (Lipinski definition) is 24. The van der Waals surface area contributed by atoms with Crippen molar-refractivity contribution in [2.45, 2.75) is 132 Å². The zero-order valence-electron chi connectivity index (χ0n) is 76.6. The molecule has 12 aliphatic heterocycles. The lowest BCUT2D eigenvalue weighted by Gasteiger charge is -2.39. The molecule has 0 atom stereocenters. The summed E-state index contributed by atoms with van der Waals surface area (Å²) < 4.78 is 79.2. The van der Waals surface area contributed by atoms with E-state index in [1.807, 2.05) is 140 Å². The molecule has 26 rings (SSSR count). The fraction of sp³-hybridized carbons (Fsp3) is 0.321. The maximum absolute atomic E-state index is 13.1. The SMILES string of the molecule is COc1ccc(-c2cc(C(=O)N3CCC4(CC3)OCc3ccccc34)no2)cc1.Cc1nc(-c2cccc(C(=O)N3CCC4(CC3)OCc3ccccc34)c2)no1.O=C(c1cc(-c2ccc3c(c2)OCO3)on1)N1CCC2(CC1)OCc1ccccc12.O=C(c1ccc2c(c1)OCCO2)N1CCC2(CC1)OCc1ccccc12.O=C(c1noc2ccccc12)N1CCC2(CC1)OCc1ccccc12. The lowest BCUT2D eigenvalue weighted by Crippen LogP contribution is -2.45. The third-order valence-corrected chi connectivity index (χ3v) is 29.1. The number of carbonyl (C=O) groups excluding carboxylic acids is 5. The predicted octanol–water partition coefficient (Wildman–Crippen LogP) is 18.1.